The van der Waals surface area contributed by atoms with Gasteiger partial charge in [0.25, 0.3) is 0 Å². The van der Waals surface area contributed by atoms with Gasteiger partial charge in [-0.25, -0.2) is 0 Å². The van der Waals surface area contributed by atoms with Crippen LogP contribution in [0.15, 0.2) is 0 Å². The van der Waals surface area contributed by atoms with Gasteiger partial charge in [-0.2, -0.15) is 0 Å². The molecule has 0 spiro atoms. The third kappa shape index (κ3) is 4.95. The predicted molar refractivity (Wildman–Crippen MR) is 84.4 cm³/mol. The molecule has 0 saturated carbocycles. The minimum absolute atomic E-state index is 0.000473. The molecule has 0 aliphatic carbocycles. The molecule has 0 unspecified atom stereocenters. The van der Waals surface area contributed by atoms with Gasteiger partial charge < -0.3 is 19.9 Å². The number of hydrogen-bond donors (Lipinski definition) is 1. The van der Waals surface area contributed by atoms with Gasteiger partial charge in [0.1, 0.15) is 6.61 Å². The number of ether oxygens (including phenoxy) is 1. The Morgan fingerprint density at radius 3 is 2.64 bits per heavy atom. The highest BCUT2D eigenvalue weighted by molar-refractivity contribution is 5.78. The Morgan fingerprint density at radius 1 is 1.36 bits per heavy atom. The topological polar surface area (TPSA) is 61.9 Å². The molecule has 1 atom stereocenters. The van der Waals surface area contributed by atoms with Crippen LogP contribution in [0.4, 0.5) is 0 Å². The zero-order chi connectivity index (χ0) is 16.1. The second kappa shape index (κ2) is 7.92. The van der Waals surface area contributed by atoms with Gasteiger partial charge in [0.05, 0.1) is 6.10 Å². The summed E-state index contributed by atoms with van der Waals surface area (Å²) < 4.78 is 5.43. The Hall–Kier alpha value is -1.14. The third-order valence-corrected chi connectivity index (χ3v) is 4.73. The lowest BCUT2D eigenvalue weighted by atomic mass is 9.92. The molecule has 0 aromatic heterocycles. The monoisotopic (exact) mass is 311 g/mol. The maximum Gasteiger partial charge on any atom is 0.248 e. The fourth-order valence-electron chi connectivity index (χ4n) is 3.12. The molecule has 126 valence electrons. The van der Waals surface area contributed by atoms with Gasteiger partial charge >= 0.3 is 0 Å². The minimum Gasteiger partial charge on any atom is -0.365 e. The van der Waals surface area contributed by atoms with Crippen molar-refractivity contribution in [1.29, 1.82) is 0 Å². The summed E-state index contributed by atoms with van der Waals surface area (Å²) in [5.41, 5.74) is 0. The van der Waals surface area contributed by atoms with Crippen LogP contribution < -0.4 is 5.32 Å². The Labute approximate surface area is 133 Å². The molecule has 2 fully saturated rings. The number of amides is 2. The first-order chi connectivity index (χ1) is 10.5. The molecule has 0 bridgehead atoms. The van der Waals surface area contributed by atoms with E-state index in [1.165, 1.54) is 0 Å². The number of carbonyl (C=O) groups excluding carboxylic acids is 2. The van der Waals surface area contributed by atoms with Crippen molar-refractivity contribution < 1.29 is 14.3 Å². The van der Waals surface area contributed by atoms with Crippen LogP contribution in [-0.4, -0.2) is 73.6 Å². The summed E-state index contributed by atoms with van der Waals surface area (Å²) in [7, 11) is 1.77. The second-order valence-corrected chi connectivity index (χ2v) is 6.79. The van der Waals surface area contributed by atoms with E-state index in [-0.39, 0.29) is 24.5 Å². The van der Waals surface area contributed by atoms with Gasteiger partial charge in [0.2, 0.25) is 11.8 Å². The summed E-state index contributed by atoms with van der Waals surface area (Å²) in [5, 5.41) is 2.95. The molecule has 6 nitrogen and oxygen atoms in total. The summed E-state index contributed by atoms with van der Waals surface area (Å²) in [6.45, 7) is 7.78. The van der Waals surface area contributed by atoms with Crippen molar-refractivity contribution in [2.45, 2.75) is 45.3 Å². The maximum absolute atomic E-state index is 12.1. The van der Waals surface area contributed by atoms with Gasteiger partial charge in [-0.15, -0.1) is 0 Å². The standard InChI is InChI=1S/C16H29N3O3/c1-12(2)19-6-4-13(5-7-19)8-15(20)17-9-14-10-18(3)16(21)11-22-14/h12-14H,4-11H2,1-3H3,(H,17,20)/t14-/m0/s1. The van der Waals surface area contributed by atoms with Crippen molar-refractivity contribution >= 4 is 11.8 Å². The SMILES string of the molecule is CC(C)N1CCC(CC(=O)NC[C@H]2CN(C)C(=O)CO2)CC1. The number of rotatable bonds is 5. The van der Waals surface area contributed by atoms with Gasteiger partial charge in [-0.1, -0.05) is 0 Å². The first kappa shape index (κ1) is 17.2. The Morgan fingerprint density at radius 2 is 2.05 bits per heavy atom. The van der Waals surface area contributed by atoms with E-state index in [4.69, 9.17) is 4.74 Å². The van der Waals surface area contributed by atoms with Crippen molar-refractivity contribution in [3.8, 4) is 0 Å². The molecule has 1 N–H and O–H groups in total. The largest absolute Gasteiger partial charge is 0.365 e. The van der Waals surface area contributed by atoms with E-state index in [1.807, 2.05) is 0 Å². The van der Waals surface area contributed by atoms with Crippen LogP contribution in [0.1, 0.15) is 33.1 Å². The van der Waals surface area contributed by atoms with E-state index < -0.39 is 0 Å². The minimum atomic E-state index is -0.0885. The zero-order valence-electron chi connectivity index (χ0n) is 14.0. The lowest BCUT2D eigenvalue weighted by molar-refractivity contribution is -0.146. The number of morpholine rings is 1. The molecule has 2 saturated heterocycles. The number of likely N-dealkylation sites (tertiary alicyclic amines) is 1. The van der Waals surface area contributed by atoms with Gasteiger partial charge in [-0.05, 0) is 45.7 Å². The molecule has 6 heteroatoms. The van der Waals surface area contributed by atoms with Gasteiger partial charge in [-0.3, -0.25) is 9.59 Å². The van der Waals surface area contributed by atoms with Crippen molar-refractivity contribution in [3.05, 3.63) is 0 Å². The molecule has 0 radical (unpaired) electrons. The lowest BCUT2D eigenvalue weighted by Gasteiger charge is -2.34. The number of carbonyl (C=O) groups is 2. The Balaban J connectivity index is 1.63. The summed E-state index contributed by atoms with van der Waals surface area (Å²) in [5.74, 6) is 0.595. The quantitative estimate of drug-likeness (QED) is 0.802. The van der Waals surface area contributed by atoms with Crippen molar-refractivity contribution in [2.75, 3.05) is 39.8 Å². The number of piperidine rings is 1. The van der Waals surface area contributed by atoms with Crippen LogP contribution in [-0.2, 0) is 14.3 Å². The van der Waals surface area contributed by atoms with Crippen molar-refractivity contribution in [3.63, 3.8) is 0 Å². The van der Waals surface area contributed by atoms with Crippen LogP contribution in [0.2, 0.25) is 0 Å². The molecule has 2 rings (SSSR count). The number of nitrogens with one attached hydrogen (secondary N) is 1. The zero-order valence-corrected chi connectivity index (χ0v) is 14.0. The molecule has 0 aromatic carbocycles. The van der Waals surface area contributed by atoms with Crippen LogP contribution in [0.5, 0.6) is 0 Å². The van der Waals surface area contributed by atoms with E-state index in [1.54, 1.807) is 11.9 Å². The number of hydrogen-bond acceptors (Lipinski definition) is 4. The van der Waals surface area contributed by atoms with E-state index in [2.05, 4.69) is 24.1 Å². The number of likely N-dealkylation sites (N-methyl/N-ethyl adjacent to an activating group) is 1. The highest BCUT2D eigenvalue weighted by atomic mass is 16.5. The fraction of sp³-hybridized carbons (Fsp3) is 0.875. The first-order valence-electron chi connectivity index (χ1n) is 8.32. The van der Waals surface area contributed by atoms with Crippen LogP contribution in [0.3, 0.4) is 0 Å². The van der Waals surface area contributed by atoms with Gasteiger partial charge in [0.15, 0.2) is 0 Å². The molecule has 0 aromatic rings. The third-order valence-electron chi connectivity index (χ3n) is 4.73. The molecular weight excluding hydrogens is 282 g/mol. The van der Waals surface area contributed by atoms with Crippen molar-refractivity contribution in [1.82, 2.24) is 15.1 Å². The van der Waals surface area contributed by atoms with Gasteiger partial charge in [0, 0.05) is 32.6 Å². The Bertz CT molecular complexity index is 392. The normalized spacial score (nSPS) is 24.8. The highest BCUT2D eigenvalue weighted by Crippen LogP contribution is 2.21. The summed E-state index contributed by atoms with van der Waals surface area (Å²) in [4.78, 5) is 27.5. The average Bonchev–Trinajstić information content (AvgIpc) is 2.49. The fourth-order valence-corrected chi connectivity index (χ4v) is 3.12. The summed E-state index contributed by atoms with van der Waals surface area (Å²) in [6, 6.07) is 0.595. The Kier molecular flexibility index (Phi) is 6.20. The van der Waals surface area contributed by atoms with Crippen LogP contribution >= 0.6 is 0 Å². The van der Waals surface area contributed by atoms with Crippen LogP contribution in [0.25, 0.3) is 0 Å². The molecule has 2 amide bonds. The van der Waals surface area contributed by atoms with Crippen molar-refractivity contribution in [2.24, 2.45) is 5.92 Å². The van der Waals surface area contributed by atoms with E-state index in [0.717, 1.165) is 25.9 Å². The lowest BCUT2D eigenvalue weighted by Crippen LogP contribution is -2.49. The highest BCUT2D eigenvalue weighted by Gasteiger charge is 2.25. The summed E-state index contributed by atoms with van der Waals surface area (Å²) >= 11 is 0. The smallest absolute Gasteiger partial charge is 0.248 e. The summed E-state index contributed by atoms with van der Waals surface area (Å²) in [6.07, 6.45) is 2.72. The van der Waals surface area contributed by atoms with E-state index in [0.29, 0.717) is 31.5 Å². The maximum atomic E-state index is 12.1. The first-order valence-corrected chi connectivity index (χ1v) is 8.32. The second-order valence-electron chi connectivity index (χ2n) is 6.79. The number of nitrogens with zero attached hydrogens (tertiary/aromatic N) is 2. The molecule has 22 heavy (non-hydrogen) atoms. The molecular formula is C16H29N3O3. The van der Waals surface area contributed by atoms with Crippen LogP contribution in [0, 0.1) is 5.92 Å². The van der Waals surface area contributed by atoms with E-state index in [9.17, 15) is 9.59 Å². The molecule has 2 aliphatic heterocycles. The molecule has 2 aliphatic rings. The predicted octanol–water partition coefficient (Wildman–Crippen LogP) is 0.470. The average molecular weight is 311 g/mol. The molecule has 2 heterocycles. The van der Waals surface area contributed by atoms with E-state index >= 15 is 0 Å².